The summed E-state index contributed by atoms with van der Waals surface area (Å²) in [5.41, 5.74) is 26.4. The van der Waals surface area contributed by atoms with Crippen LogP contribution in [0.5, 0.6) is 5.75 Å². The van der Waals surface area contributed by atoms with Gasteiger partial charge in [-0.05, 0) is 105 Å². The number of aromatic hydroxyl groups is 1. The summed E-state index contributed by atoms with van der Waals surface area (Å²) < 4.78 is 0. The number of amides is 17. The number of unbranched alkanes of at least 4 members (excludes halogenated alkanes) is 2. The van der Waals surface area contributed by atoms with E-state index in [-0.39, 0.29) is 113 Å². The lowest BCUT2D eigenvalue weighted by Gasteiger charge is -2.38. The van der Waals surface area contributed by atoms with Crippen LogP contribution in [-0.4, -0.2) is 289 Å². The van der Waals surface area contributed by atoms with Crippen molar-refractivity contribution < 1.29 is 91.7 Å². The molecule has 3 fully saturated rings. The number of likely N-dealkylation sites (N-methyl/N-ethyl adjacent to an activating group) is 2. The number of phenolic OH excluding ortho intramolecular Hbond substituents is 1. The Morgan fingerprint density at radius 2 is 1.09 bits per heavy atom. The van der Waals surface area contributed by atoms with Crippen molar-refractivity contribution in [3.05, 3.63) is 95.8 Å². The monoisotopic (exact) mass is 1810 g/mol. The van der Waals surface area contributed by atoms with Crippen molar-refractivity contribution in [3.8, 4) is 5.75 Å². The molecule has 0 unspecified atom stereocenters. The molecule has 702 valence electrons. The second-order valence-corrected chi connectivity index (χ2v) is 35.4. The number of fused-ring (bicyclic) bond motifs is 8. The van der Waals surface area contributed by atoms with Crippen LogP contribution in [0.15, 0.2) is 79.1 Å². The first-order chi connectivity index (χ1) is 61.4. The molecular formula is C88H125N21O19S. The van der Waals surface area contributed by atoms with Crippen LogP contribution in [0.4, 0.5) is 5.69 Å². The maximum Gasteiger partial charge on any atom is 0.250 e. The number of nitrogens with one attached hydrogen (secondary N) is 12. The van der Waals surface area contributed by atoms with Gasteiger partial charge >= 0.3 is 0 Å². The number of aliphatic hydroxyl groups excluding tert-OH is 1. The van der Waals surface area contributed by atoms with E-state index < -0.39 is 223 Å². The standard InChI is InChI=1S/C88H125N21O19S/c1-10-12-23-67-81(121)98-59(31-46(3)4)78(118)104-66(76(116)95-42-73(92)113)44-129-45-74(114)96-63-33-49-26-27-52(110)36-70(49)109(87(63)127)48(7)75(115)100-64(38-72(91)112)85(125)107-30-18-25-68(107)82(122)103-65(39-90)80(120)101-61(32-47(5)6)86(126)108-43-53(111)37-71(108)83(123)99-60(34-50-40-93-56-21-16-14-19-54(50)56)79(119)97-58(28-29-89)77(117)102-62(35-51-41-94-57-22-17-15-20-55(51)57)84(124)106(9)69(24-13-11-2)88(128)105(67)8/h14-17,19-22,26-27,36,40-41,46-48,53,58-69,71,93-94,110-111H,10-13,18,23-25,28-35,37-39,42-45,89-90H2,1-9H3,(H2,91,112)(H2,92,113)(H,95,116)(H,96,114)(H,97,119)(H,98,121)(H,99,123)(H,100,115)(H,101,120)(H,102,117)(H,103,122)(H,104,118)/t48-,53+,58-,59-,60-,61-,62-,63-,64-,65-,66-,67-,68-,69-,71-/m0/s1. The number of H-pyrrole nitrogens is 2. The number of hydrogen-bond donors (Lipinski definition) is 18. The second-order valence-electron chi connectivity index (χ2n) is 34.4. The third-order valence-corrected chi connectivity index (χ3v) is 24.7. The molecule has 6 heterocycles. The Hall–Kier alpha value is -12.2. The number of aromatic nitrogens is 2. The van der Waals surface area contributed by atoms with Gasteiger partial charge in [-0.15, -0.1) is 11.8 Å². The highest BCUT2D eigenvalue weighted by Gasteiger charge is 2.48. The van der Waals surface area contributed by atoms with E-state index in [0.29, 0.717) is 64.2 Å². The molecule has 3 aromatic carbocycles. The fourth-order valence-electron chi connectivity index (χ4n) is 16.8. The fraction of sp³-hybridized carbons (Fsp3) is 0.557. The summed E-state index contributed by atoms with van der Waals surface area (Å²) in [5, 5.41) is 50.3. The van der Waals surface area contributed by atoms with E-state index in [0.717, 1.165) is 26.5 Å². The molecular weight excluding hydrogens is 1690 g/mol. The van der Waals surface area contributed by atoms with Crippen LogP contribution in [0.2, 0.25) is 0 Å². The van der Waals surface area contributed by atoms with E-state index in [4.69, 9.17) is 22.9 Å². The highest BCUT2D eigenvalue weighted by molar-refractivity contribution is 8.00. The molecule has 4 aliphatic rings. The van der Waals surface area contributed by atoms with Crippen molar-refractivity contribution in [2.24, 2.45) is 34.8 Å². The number of carbonyl (C=O) groups is 17. The number of aliphatic hydroxyl groups is 1. The Morgan fingerprint density at radius 1 is 0.558 bits per heavy atom. The summed E-state index contributed by atoms with van der Waals surface area (Å²) in [6.07, 6.45) is 1.89. The molecule has 0 radical (unpaired) electrons. The van der Waals surface area contributed by atoms with Crippen LogP contribution in [0, 0.1) is 11.8 Å². The average Bonchev–Trinajstić information content (AvgIpc) is 1.77. The molecule has 0 aliphatic carbocycles. The first kappa shape index (κ1) is 101. The van der Waals surface area contributed by atoms with Gasteiger partial charge in [0, 0.05) is 105 Å². The molecule has 3 saturated heterocycles. The number of benzene rings is 3. The van der Waals surface area contributed by atoms with E-state index in [1.807, 2.05) is 26.0 Å². The predicted molar refractivity (Wildman–Crippen MR) is 478 cm³/mol. The molecule has 0 spiro atoms. The van der Waals surface area contributed by atoms with Crippen molar-refractivity contribution in [1.82, 2.24) is 82.7 Å². The average molecular weight is 1810 g/mol. The van der Waals surface area contributed by atoms with Crippen LogP contribution in [0.25, 0.3) is 21.8 Å². The van der Waals surface area contributed by atoms with Gasteiger partial charge in [-0.25, -0.2) is 0 Å². The Morgan fingerprint density at radius 3 is 1.71 bits per heavy atom. The lowest BCUT2D eigenvalue weighted by molar-refractivity contribution is -0.149. The number of rotatable bonds is 22. The number of nitrogens with zero attached hydrogens (tertiary/aromatic N) is 5. The van der Waals surface area contributed by atoms with Crippen molar-refractivity contribution in [3.63, 3.8) is 0 Å². The Bertz CT molecular complexity index is 4920. The van der Waals surface area contributed by atoms with Crippen LogP contribution in [0.1, 0.15) is 149 Å². The fourth-order valence-corrected chi connectivity index (χ4v) is 17.7. The van der Waals surface area contributed by atoms with Gasteiger partial charge < -0.3 is 116 Å². The summed E-state index contributed by atoms with van der Waals surface area (Å²) in [5.74, 6) is -17.2. The SMILES string of the molecule is CCCC[C@H]1C(=O)N(C)[C@@H](CCCC)C(=O)N[C@@H](CC(C)C)C(=O)N[C@H](C(=O)NCC(N)=O)CSCC(=O)N[C@H]2Cc3ccc(O)cc3N(C2=O)[C@@H](C)C(=O)N[C@@H](CC(N)=O)C(=O)N2CCC[C@H]2C(=O)N[C@@H](CN)C(=O)N[C@@H](CC(C)C)C(=O)N2C[C@H](O)C[C@H]2C(=O)N[C@@H](Cc2c[nH]c3ccccc23)C(=O)N[C@@H](CCN)C(=O)N[C@@H](Cc2c[nH]c3ccccc23)C(=O)N1C. The summed E-state index contributed by atoms with van der Waals surface area (Å²) in [7, 11) is 2.79. The van der Waals surface area contributed by atoms with Gasteiger partial charge in [-0.1, -0.05) is 110 Å². The maximum atomic E-state index is 15.8. The minimum absolute atomic E-state index is 0.0132. The third-order valence-electron chi connectivity index (χ3n) is 23.6. The molecule has 22 N–H and O–H groups in total. The van der Waals surface area contributed by atoms with Crippen LogP contribution >= 0.6 is 11.8 Å². The quantitative estimate of drug-likeness (QED) is 0.0360. The van der Waals surface area contributed by atoms with Crippen molar-refractivity contribution in [2.45, 2.75) is 242 Å². The number of primary amides is 2. The highest BCUT2D eigenvalue weighted by Crippen LogP contribution is 2.34. The summed E-state index contributed by atoms with van der Waals surface area (Å²) in [6, 6.07) is -2.65. The summed E-state index contributed by atoms with van der Waals surface area (Å²) >= 11 is 0.809. The Kier molecular flexibility index (Phi) is 36.4. The Balaban J connectivity index is 1.09. The molecule has 2 bridgehead atoms. The number of thioether (sulfide) groups is 1. The molecule has 5 aromatic rings. The van der Waals surface area contributed by atoms with E-state index in [1.165, 1.54) is 49.0 Å². The largest absolute Gasteiger partial charge is 0.508 e. The first-order valence-corrected chi connectivity index (χ1v) is 45.1. The first-order valence-electron chi connectivity index (χ1n) is 44.0. The molecule has 40 nitrogen and oxygen atoms in total. The van der Waals surface area contributed by atoms with E-state index >= 15 is 33.6 Å². The zero-order valence-electron chi connectivity index (χ0n) is 74.4. The zero-order valence-corrected chi connectivity index (χ0v) is 75.2. The van der Waals surface area contributed by atoms with Gasteiger partial charge in [0.05, 0.1) is 30.5 Å². The van der Waals surface area contributed by atoms with Gasteiger partial charge in [0.15, 0.2) is 0 Å². The number of nitrogens with two attached hydrogens (primary N) is 4. The zero-order chi connectivity index (χ0) is 94.4. The summed E-state index contributed by atoms with van der Waals surface area (Å²) in [6.45, 7) is 10.0. The second kappa shape index (κ2) is 46.7. The van der Waals surface area contributed by atoms with Crippen molar-refractivity contribution >= 4 is 140 Å². The minimum Gasteiger partial charge on any atom is -0.508 e. The number of para-hydroxylation sites is 2. The van der Waals surface area contributed by atoms with Gasteiger partial charge in [0.1, 0.15) is 90.3 Å². The Labute approximate surface area is 752 Å². The van der Waals surface area contributed by atoms with Crippen molar-refractivity contribution in [1.29, 1.82) is 0 Å². The van der Waals surface area contributed by atoms with Gasteiger partial charge in [-0.3, -0.25) is 86.4 Å². The van der Waals surface area contributed by atoms with Crippen molar-refractivity contribution in [2.75, 3.05) is 63.2 Å². The number of anilines is 1. The van der Waals surface area contributed by atoms with Crippen LogP contribution in [-0.2, 0) is 101 Å². The van der Waals surface area contributed by atoms with E-state index in [9.17, 15) is 58.2 Å². The minimum atomic E-state index is -1.79. The number of aromatic amines is 2. The number of carbonyl (C=O) groups excluding carboxylic acids is 17. The van der Waals surface area contributed by atoms with Gasteiger partial charge in [0.25, 0.3) is 5.91 Å². The van der Waals surface area contributed by atoms with Crippen LogP contribution in [0.3, 0.4) is 0 Å². The molecule has 9 rings (SSSR count). The smallest absolute Gasteiger partial charge is 0.250 e. The summed E-state index contributed by atoms with van der Waals surface area (Å²) in [4.78, 5) is 261. The molecule has 4 aliphatic heterocycles. The lowest BCUT2D eigenvalue weighted by Crippen LogP contribution is -2.62. The molecule has 129 heavy (non-hydrogen) atoms. The van der Waals surface area contributed by atoms with E-state index in [1.54, 1.807) is 76.5 Å². The predicted octanol–water partition coefficient (Wildman–Crippen LogP) is -1.91. The normalized spacial score (nSPS) is 25.7. The molecule has 41 heteroatoms. The molecule has 15 atom stereocenters. The molecule has 0 saturated carbocycles. The number of hydrogen-bond acceptors (Lipinski definition) is 22. The van der Waals surface area contributed by atoms with Gasteiger partial charge in [-0.2, -0.15) is 0 Å². The highest BCUT2D eigenvalue weighted by atomic mass is 32.2. The maximum absolute atomic E-state index is 15.8. The van der Waals surface area contributed by atoms with Crippen LogP contribution < -0.4 is 81.0 Å². The van der Waals surface area contributed by atoms with E-state index in [2.05, 4.69) is 63.1 Å². The molecule has 17 amide bonds. The number of phenols is 1. The van der Waals surface area contributed by atoms with Gasteiger partial charge in [0.2, 0.25) is 94.5 Å². The third kappa shape index (κ3) is 26.3. The molecule has 2 aromatic heterocycles. The topological polar surface area (TPSA) is 603 Å². The lowest BCUT2D eigenvalue weighted by atomic mass is 9.95.